The van der Waals surface area contributed by atoms with Crippen molar-refractivity contribution in [2.24, 2.45) is 4.99 Å². The highest BCUT2D eigenvalue weighted by atomic mass is 35.5. The lowest BCUT2D eigenvalue weighted by molar-refractivity contribution is 0.0951. The normalized spacial score (nSPS) is 11.4. The number of benzene rings is 2. The van der Waals surface area contributed by atoms with Gasteiger partial charge in [0.05, 0.1) is 0 Å². The summed E-state index contributed by atoms with van der Waals surface area (Å²) in [6.07, 6.45) is 0. The molecule has 0 aromatic heterocycles. The van der Waals surface area contributed by atoms with Crippen molar-refractivity contribution >= 4 is 23.5 Å². The third kappa shape index (κ3) is 7.40. The summed E-state index contributed by atoms with van der Waals surface area (Å²) in [6.45, 7) is 2.64. The first kappa shape index (κ1) is 22.7. The van der Waals surface area contributed by atoms with Gasteiger partial charge in [0, 0.05) is 50.9 Å². The number of likely N-dealkylation sites (N-methyl/N-ethyl adjacent to an activating group) is 1. The van der Waals surface area contributed by atoms with Crippen molar-refractivity contribution in [3.63, 3.8) is 0 Å². The fraction of sp³-hybridized carbons (Fsp3) is 0.364. The van der Waals surface area contributed by atoms with Crippen molar-refractivity contribution in [3.05, 3.63) is 70.2 Å². The van der Waals surface area contributed by atoms with E-state index in [1.54, 1.807) is 7.05 Å². The van der Waals surface area contributed by atoms with Crippen molar-refractivity contribution in [2.45, 2.75) is 13.1 Å². The van der Waals surface area contributed by atoms with Crippen LogP contribution in [0.5, 0.6) is 0 Å². The summed E-state index contributed by atoms with van der Waals surface area (Å²) in [4.78, 5) is 20.7. The molecule has 0 aliphatic carbocycles. The molecular weight excluding hydrogens is 386 g/mol. The smallest absolute Gasteiger partial charge is 0.251 e. The predicted octanol–water partition coefficient (Wildman–Crippen LogP) is 2.84. The molecule has 0 saturated carbocycles. The molecule has 2 aromatic rings. The van der Waals surface area contributed by atoms with Gasteiger partial charge in [0.25, 0.3) is 5.91 Å². The molecule has 0 unspecified atom stereocenters. The predicted molar refractivity (Wildman–Crippen MR) is 120 cm³/mol. The molecular formula is C22H30ClN5O. The highest BCUT2D eigenvalue weighted by molar-refractivity contribution is 6.31. The third-order valence-electron chi connectivity index (χ3n) is 4.42. The van der Waals surface area contributed by atoms with Gasteiger partial charge in [-0.1, -0.05) is 41.9 Å². The molecule has 1 amide bonds. The lowest BCUT2D eigenvalue weighted by Gasteiger charge is -2.22. The summed E-state index contributed by atoms with van der Waals surface area (Å²) >= 11 is 6.26. The van der Waals surface area contributed by atoms with Crippen LogP contribution in [0, 0.1) is 0 Å². The minimum atomic E-state index is -0.0612. The Kier molecular flexibility index (Phi) is 8.96. The summed E-state index contributed by atoms with van der Waals surface area (Å²) < 4.78 is 0. The first-order valence-electron chi connectivity index (χ1n) is 9.57. The average Bonchev–Trinajstić information content (AvgIpc) is 2.70. The standard InChI is InChI=1S/C22H30ClN5O/c1-24-22(28(4)16-19-9-5-6-11-20(19)23)26-15-17-8-7-10-18(14-17)21(29)25-12-13-27(2)3/h5-11,14H,12-13,15-16H2,1-4H3,(H,24,26)(H,25,29). The molecule has 156 valence electrons. The van der Waals surface area contributed by atoms with Gasteiger partial charge in [-0.15, -0.1) is 0 Å². The van der Waals surface area contributed by atoms with Crippen molar-refractivity contribution in [3.8, 4) is 0 Å². The Bertz CT molecular complexity index is 837. The minimum Gasteiger partial charge on any atom is -0.352 e. The maximum atomic E-state index is 12.3. The second-order valence-electron chi connectivity index (χ2n) is 7.11. The zero-order valence-electron chi connectivity index (χ0n) is 17.6. The van der Waals surface area contributed by atoms with Gasteiger partial charge in [0.2, 0.25) is 0 Å². The highest BCUT2D eigenvalue weighted by Crippen LogP contribution is 2.16. The van der Waals surface area contributed by atoms with Gasteiger partial charge in [-0.05, 0) is 43.4 Å². The number of amides is 1. The van der Waals surface area contributed by atoms with E-state index >= 15 is 0 Å². The SMILES string of the molecule is CN=C(NCc1cccc(C(=O)NCCN(C)C)c1)N(C)Cc1ccccc1Cl. The molecule has 2 rings (SSSR count). The van der Waals surface area contributed by atoms with Gasteiger partial charge in [-0.2, -0.15) is 0 Å². The van der Waals surface area contributed by atoms with Gasteiger partial charge < -0.3 is 20.4 Å². The second kappa shape index (κ2) is 11.4. The Balaban J connectivity index is 1.93. The molecule has 0 heterocycles. The maximum absolute atomic E-state index is 12.3. The molecule has 0 spiro atoms. The van der Waals surface area contributed by atoms with Gasteiger partial charge in [-0.25, -0.2) is 0 Å². The number of rotatable bonds is 8. The number of guanidine groups is 1. The number of nitrogens with one attached hydrogen (secondary N) is 2. The monoisotopic (exact) mass is 415 g/mol. The fourth-order valence-corrected chi connectivity index (χ4v) is 3.04. The summed E-state index contributed by atoms with van der Waals surface area (Å²) in [5.74, 6) is 0.694. The molecule has 0 fully saturated rings. The van der Waals surface area contributed by atoms with Crippen molar-refractivity contribution < 1.29 is 4.79 Å². The summed E-state index contributed by atoms with van der Waals surface area (Å²) in [5.41, 5.74) is 2.70. The molecule has 0 atom stereocenters. The van der Waals surface area contributed by atoms with Crippen LogP contribution in [0.2, 0.25) is 5.02 Å². The van der Waals surface area contributed by atoms with E-state index in [1.807, 2.05) is 79.5 Å². The Morgan fingerprint density at radius 1 is 1.07 bits per heavy atom. The topological polar surface area (TPSA) is 60.0 Å². The molecule has 2 N–H and O–H groups in total. The van der Waals surface area contributed by atoms with Crippen molar-refractivity contribution in [1.29, 1.82) is 0 Å². The van der Waals surface area contributed by atoms with E-state index in [2.05, 4.69) is 15.6 Å². The largest absolute Gasteiger partial charge is 0.352 e. The molecule has 7 heteroatoms. The third-order valence-corrected chi connectivity index (χ3v) is 4.79. The number of hydrogen-bond donors (Lipinski definition) is 2. The number of aliphatic imine (C=N–C) groups is 1. The molecule has 0 aliphatic rings. The second-order valence-corrected chi connectivity index (χ2v) is 7.51. The Hall–Kier alpha value is -2.57. The van der Waals surface area contributed by atoms with Gasteiger partial charge in [0.15, 0.2) is 5.96 Å². The zero-order valence-corrected chi connectivity index (χ0v) is 18.3. The first-order chi connectivity index (χ1) is 13.9. The molecule has 6 nitrogen and oxygen atoms in total. The van der Waals surface area contributed by atoms with Gasteiger partial charge in [-0.3, -0.25) is 9.79 Å². The highest BCUT2D eigenvalue weighted by Gasteiger charge is 2.10. The van der Waals surface area contributed by atoms with E-state index < -0.39 is 0 Å². The Morgan fingerprint density at radius 3 is 2.52 bits per heavy atom. The summed E-state index contributed by atoms with van der Waals surface area (Å²) in [6, 6.07) is 15.4. The molecule has 2 aromatic carbocycles. The van der Waals surface area contributed by atoms with Crippen LogP contribution >= 0.6 is 11.6 Å². The number of halogens is 1. The van der Waals surface area contributed by atoms with Crippen LogP contribution in [-0.2, 0) is 13.1 Å². The lowest BCUT2D eigenvalue weighted by atomic mass is 10.1. The maximum Gasteiger partial charge on any atom is 0.251 e. The van der Waals surface area contributed by atoms with E-state index in [-0.39, 0.29) is 5.91 Å². The van der Waals surface area contributed by atoms with E-state index in [4.69, 9.17) is 11.6 Å². The first-order valence-corrected chi connectivity index (χ1v) is 9.95. The van der Waals surface area contributed by atoms with Crippen LogP contribution < -0.4 is 10.6 Å². The number of carbonyl (C=O) groups is 1. The van der Waals surface area contributed by atoms with Gasteiger partial charge in [0.1, 0.15) is 0 Å². The van der Waals surface area contributed by atoms with Crippen LogP contribution in [0.25, 0.3) is 0 Å². The Labute approximate surface area is 178 Å². The van der Waals surface area contributed by atoms with Crippen molar-refractivity contribution in [2.75, 3.05) is 41.3 Å². The fourth-order valence-electron chi connectivity index (χ4n) is 2.84. The van der Waals surface area contributed by atoms with Crippen LogP contribution in [0.1, 0.15) is 21.5 Å². The van der Waals surface area contributed by atoms with E-state index in [1.165, 1.54) is 0 Å². The molecule has 0 radical (unpaired) electrons. The minimum absolute atomic E-state index is 0.0612. The number of carbonyl (C=O) groups excluding carboxylic acids is 1. The van der Waals surface area contributed by atoms with Crippen LogP contribution in [0.3, 0.4) is 0 Å². The quantitative estimate of drug-likeness (QED) is 0.514. The van der Waals surface area contributed by atoms with Crippen LogP contribution in [0.4, 0.5) is 0 Å². The molecule has 29 heavy (non-hydrogen) atoms. The average molecular weight is 416 g/mol. The Morgan fingerprint density at radius 2 is 1.83 bits per heavy atom. The van der Waals surface area contributed by atoms with E-state index in [0.29, 0.717) is 25.2 Å². The van der Waals surface area contributed by atoms with Gasteiger partial charge >= 0.3 is 0 Å². The molecule has 0 bridgehead atoms. The van der Waals surface area contributed by atoms with Crippen LogP contribution in [-0.4, -0.2) is 62.9 Å². The molecule has 0 aliphatic heterocycles. The summed E-state index contributed by atoms with van der Waals surface area (Å²) in [5, 5.41) is 7.02. The van der Waals surface area contributed by atoms with E-state index in [0.717, 1.165) is 28.7 Å². The molecule has 0 saturated heterocycles. The van der Waals surface area contributed by atoms with E-state index in [9.17, 15) is 4.79 Å². The van der Waals surface area contributed by atoms with Crippen LogP contribution in [0.15, 0.2) is 53.5 Å². The van der Waals surface area contributed by atoms with Crippen molar-refractivity contribution in [1.82, 2.24) is 20.4 Å². The number of hydrogen-bond acceptors (Lipinski definition) is 3. The lowest BCUT2D eigenvalue weighted by Crippen LogP contribution is -2.38. The zero-order chi connectivity index (χ0) is 21.2. The summed E-state index contributed by atoms with van der Waals surface area (Å²) in [7, 11) is 7.68. The number of nitrogens with zero attached hydrogens (tertiary/aromatic N) is 3.